The van der Waals surface area contributed by atoms with Crippen LogP contribution in [-0.2, 0) is 22.4 Å². The molecule has 1 aliphatic carbocycles. The van der Waals surface area contributed by atoms with Gasteiger partial charge >= 0.3 is 0 Å². The molecule has 2 fully saturated rings. The number of carbonyl (C=O) groups is 1. The maximum Gasteiger partial charge on any atom is 0.246 e. The third-order valence-electron chi connectivity index (χ3n) is 7.37. The molecule has 5 heteroatoms. The zero-order valence-corrected chi connectivity index (χ0v) is 18.8. The quantitative estimate of drug-likeness (QED) is 0.614. The van der Waals surface area contributed by atoms with Crippen LogP contribution in [0.2, 0.25) is 0 Å². The van der Waals surface area contributed by atoms with Crippen LogP contribution in [0.1, 0.15) is 42.6 Å². The van der Waals surface area contributed by atoms with E-state index in [0.29, 0.717) is 24.3 Å². The monoisotopic (exact) mass is 434 g/mol. The van der Waals surface area contributed by atoms with E-state index in [0.717, 1.165) is 51.9 Å². The van der Waals surface area contributed by atoms with Crippen molar-refractivity contribution in [2.75, 3.05) is 32.8 Å². The van der Waals surface area contributed by atoms with Gasteiger partial charge in [-0.2, -0.15) is 0 Å². The van der Waals surface area contributed by atoms with Crippen LogP contribution in [0.25, 0.3) is 6.08 Å². The third kappa shape index (κ3) is 5.16. The fourth-order valence-corrected chi connectivity index (χ4v) is 5.54. The molecule has 170 valence electrons. The van der Waals surface area contributed by atoms with Crippen molar-refractivity contribution in [1.29, 1.82) is 0 Å². The lowest BCUT2D eigenvalue weighted by molar-refractivity contribution is -0.128. The Bertz CT molecular complexity index is 884. The molecule has 1 amide bonds. The van der Waals surface area contributed by atoms with Gasteiger partial charge in [0.15, 0.2) is 0 Å². The minimum absolute atomic E-state index is 0.0607. The highest BCUT2D eigenvalue weighted by atomic mass is 16.5. The molecule has 1 aromatic carbocycles. The van der Waals surface area contributed by atoms with Crippen molar-refractivity contribution < 1.29 is 13.9 Å². The molecule has 1 unspecified atom stereocenters. The van der Waals surface area contributed by atoms with Crippen molar-refractivity contribution in [3.8, 4) is 0 Å². The van der Waals surface area contributed by atoms with Gasteiger partial charge < -0.3 is 14.1 Å². The topological polar surface area (TPSA) is 45.9 Å². The number of ether oxygens (including phenoxy) is 1. The van der Waals surface area contributed by atoms with E-state index in [1.165, 1.54) is 24.0 Å². The number of fused-ring (bicyclic) bond motifs is 1. The molecule has 1 atom stereocenters. The standard InChI is InChI=1S/C27H34N2O3/c30-27(10-9-25-7-3-15-31-25)29(20-26-8-4-16-32-26)19-21-11-13-28(14-12-21)24-17-22-5-1-2-6-23(22)18-24/h1-3,5-7,9-10,15,21,24,26H,4,8,11-14,16-20H2. The number of furan rings is 1. The predicted molar refractivity (Wildman–Crippen MR) is 125 cm³/mol. The first kappa shape index (κ1) is 21.5. The van der Waals surface area contributed by atoms with Crippen molar-refractivity contribution >= 4 is 12.0 Å². The number of amides is 1. The molecule has 0 spiro atoms. The van der Waals surface area contributed by atoms with Gasteiger partial charge in [-0.05, 0) is 86.9 Å². The van der Waals surface area contributed by atoms with Crippen molar-refractivity contribution in [1.82, 2.24) is 9.80 Å². The van der Waals surface area contributed by atoms with Crippen molar-refractivity contribution in [3.63, 3.8) is 0 Å². The average molecular weight is 435 g/mol. The van der Waals surface area contributed by atoms with E-state index < -0.39 is 0 Å². The van der Waals surface area contributed by atoms with E-state index in [4.69, 9.17) is 9.15 Å². The van der Waals surface area contributed by atoms with Gasteiger partial charge in [-0.25, -0.2) is 0 Å². The number of carbonyl (C=O) groups excluding carboxylic acids is 1. The van der Waals surface area contributed by atoms with E-state index in [1.54, 1.807) is 18.4 Å². The lowest BCUT2D eigenvalue weighted by Crippen LogP contribution is -2.46. The summed E-state index contributed by atoms with van der Waals surface area (Å²) in [6.45, 7) is 4.59. The van der Waals surface area contributed by atoms with Gasteiger partial charge in [-0.3, -0.25) is 9.69 Å². The van der Waals surface area contributed by atoms with Crippen molar-refractivity contribution in [2.24, 2.45) is 5.92 Å². The van der Waals surface area contributed by atoms with E-state index in [1.807, 2.05) is 17.0 Å². The summed E-state index contributed by atoms with van der Waals surface area (Å²) in [5.74, 6) is 1.32. The highest BCUT2D eigenvalue weighted by Gasteiger charge is 2.31. The van der Waals surface area contributed by atoms with Crippen LogP contribution < -0.4 is 0 Å². The average Bonchev–Trinajstić information content (AvgIpc) is 3.59. The fraction of sp³-hybridized carbons (Fsp3) is 0.519. The second kappa shape index (κ2) is 10.1. The number of nitrogens with zero attached hydrogens (tertiary/aromatic N) is 2. The highest BCUT2D eigenvalue weighted by Crippen LogP contribution is 2.29. The van der Waals surface area contributed by atoms with Crippen LogP contribution >= 0.6 is 0 Å². The Morgan fingerprint density at radius 2 is 1.81 bits per heavy atom. The van der Waals surface area contributed by atoms with Crippen LogP contribution in [-0.4, -0.2) is 60.6 Å². The maximum absolute atomic E-state index is 13.0. The smallest absolute Gasteiger partial charge is 0.246 e. The van der Waals surface area contributed by atoms with E-state index in [9.17, 15) is 4.79 Å². The summed E-state index contributed by atoms with van der Waals surface area (Å²) in [6.07, 6.45) is 12.0. The summed E-state index contributed by atoms with van der Waals surface area (Å²) in [5.41, 5.74) is 3.05. The molecule has 5 nitrogen and oxygen atoms in total. The van der Waals surface area contributed by atoms with Gasteiger partial charge in [-0.1, -0.05) is 24.3 Å². The van der Waals surface area contributed by atoms with Gasteiger partial charge in [0, 0.05) is 31.8 Å². The SMILES string of the molecule is O=C(C=Cc1ccco1)N(CC1CCN(C2Cc3ccccc3C2)CC1)CC1CCCO1. The molecule has 1 aromatic heterocycles. The number of piperidine rings is 1. The van der Waals surface area contributed by atoms with Gasteiger partial charge in [-0.15, -0.1) is 0 Å². The summed E-state index contributed by atoms with van der Waals surface area (Å²) in [5, 5.41) is 0. The second-order valence-corrected chi connectivity index (χ2v) is 9.54. The Kier molecular flexibility index (Phi) is 6.75. The molecular formula is C27H34N2O3. The second-order valence-electron chi connectivity index (χ2n) is 9.54. The first-order chi connectivity index (χ1) is 15.7. The largest absolute Gasteiger partial charge is 0.465 e. The number of hydrogen-bond acceptors (Lipinski definition) is 4. The molecule has 2 aromatic rings. The number of benzene rings is 1. The third-order valence-corrected chi connectivity index (χ3v) is 7.37. The Morgan fingerprint density at radius 1 is 1.03 bits per heavy atom. The van der Waals surface area contributed by atoms with Crippen LogP contribution in [0, 0.1) is 5.92 Å². The summed E-state index contributed by atoms with van der Waals surface area (Å²) in [6, 6.07) is 13.2. The first-order valence-corrected chi connectivity index (χ1v) is 12.2. The Labute approximate surface area is 191 Å². The minimum Gasteiger partial charge on any atom is -0.465 e. The molecule has 2 saturated heterocycles. The Hall–Kier alpha value is -2.37. The summed E-state index contributed by atoms with van der Waals surface area (Å²) >= 11 is 0. The van der Waals surface area contributed by atoms with Crippen LogP contribution in [0.4, 0.5) is 0 Å². The van der Waals surface area contributed by atoms with Gasteiger partial charge in [0.2, 0.25) is 5.91 Å². The molecule has 5 rings (SSSR count). The summed E-state index contributed by atoms with van der Waals surface area (Å²) in [4.78, 5) is 17.7. The molecule has 3 heterocycles. The Morgan fingerprint density at radius 3 is 2.47 bits per heavy atom. The minimum atomic E-state index is 0.0607. The van der Waals surface area contributed by atoms with Crippen molar-refractivity contribution in [2.45, 2.75) is 50.7 Å². The fourth-order valence-electron chi connectivity index (χ4n) is 5.54. The van der Waals surface area contributed by atoms with Crippen LogP contribution in [0.5, 0.6) is 0 Å². The highest BCUT2D eigenvalue weighted by molar-refractivity contribution is 5.91. The molecular weight excluding hydrogens is 400 g/mol. The summed E-state index contributed by atoms with van der Waals surface area (Å²) in [7, 11) is 0. The maximum atomic E-state index is 13.0. The van der Waals surface area contributed by atoms with E-state index in [-0.39, 0.29) is 12.0 Å². The Balaban J connectivity index is 1.16. The lowest BCUT2D eigenvalue weighted by atomic mass is 9.94. The zero-order valence-electron chi connectivity index (χ0n) is 18.8. The van der Waals surface area contributed by atoms with Gasteiger partial charge in [0.25, 0.3) is 0 Å². The number of rotatable bonds is 7. The predicted octanol–water partition coefficient (Wildman–Crippen LogP) is 4.18. The molecule has 0 N–H and O–H groups in total. The molecule has 32 heavy (non-hydrogen) atoms. The molecule has 2 aliphatic heterocycles. The van der Waals surface area contributed by atoms with Gasteiger partial charge in [0.1, 0.15) is 5.76 Å². The van der Waals surface area contributed by atoms with E-state index >= 15 is 0 Å². The number of hydrogen-bond donors (Lipinski definition) is 0. The first-order valence-electron chi connectivity index (χ1n) is 12.2. The number of likely N-dealkylation sites (tertiary alicyclic amines) is 1. The molecule has 0 bridgehead atoms. The molecule has 3 aliphatic rings. The van der Waals surface area contributed by atoms with Gasteiger partial charge in [0.05, 0.1) is 12.4 Å². The van der Waals surface area contributed by atoms with Crippen LogP contribution in [0.3, 0.4) is 0 Å². The van der Waals surface area contributed by atoms with Crippen LogP contribution in [0.15, 0.2) is 53.2 Å². The molecule has 0 saturated carbocycles. The summed E-state index contributed by atoms with van der Waals surface area (Å²) < 4.78 is 11.2. The molecule has 0 radical (unpaired) electrons. The normalized spacial score (nSPS) is 22.6. The van der Waals surface area contributed by atoms with Crippen molar-refractivity contribution in [3.05, 3.63) is 65.6 Å². The van der Waals surface area contributed by atoms with E-state index in [2.05, 4.69) is 29.2 Å². The zero-order chi connectivity index (χ0) is 21.8. The lowest BCUT2D eigenvalue weighted by Gasteiger charge is -2.38.